The van der Waals surface area contributed by atoms with E-state index in [0.717, 1.165) is 77.2 Å². The largest absolute Gasteiger partial charge is 1.00 e. The van der Waals surface area contributed by atoms with E-state index in [0.29, 0.717) is 86.5 Å². The molecule has 0 unspecified atom stereocenters. The molecule has 0 saturated heterocycles. The number of aldehydes is 1. The van der Waals surface area contributed by atoms with Crippen LogP contribution in [0.3, 0.4) is 0 Å². The molecular formula is C77H83Br2Cl4KN11O11P3. The summed E-state index contributed by atoms with van der Waals surface area (Å²) in [6, 6.07) is 32.7. The minimum atomic E-state index is -1.61. The number of halogens is 6. The molecule has 0 aliphatic carbocycles. The van der Waals surface area contributed by atoms with Crippen molar-refractivity contribution in [2.75, 3.05) is 46.2 Å². The van der Waals surface area contributed by atoms with Gasteiger partial charge in [0.25, 0.3) is 3.25 Å². The molecule has 0 fully saturated rings. The van der Waals surface area contributed by atoms with E-state index in [1.54, 1.807) is 106 Å². The second-order valence-electron chi connectivity index (χ2n) is 20.8. The number of hydrogen-bond acceptors (Lipinski definition) is 18. The molecule has 0 radical (unpaired) electrons. The van der Waals surface area contributed by atoms with Gasteiger partial charge in [-0.25, -0.2) is 28.5 Å². The number of hydrogen-bond donors (Lipinski definition) is 0. The Balaban J connectivity index is -0.000000593. The molecular weight excluding hydrogens is 1690 g/mol. The summed E-state index contributed by atoms with van der Waals surface area (Å²) < 4.78 is 53.2. The zero-order valence-corrected chi connectivity index (χ0v) is 74.7. The van der Waals surface area contributed by atoms with Crippen LogP contribution >= 0.6 is 104 Å². The number of nitriles is 4. The van der Waals surface area contributed by atoms with Gasteiger partial charge in [0.05, 0.1) is 106 Å². The number of aryl methyl sites for hydroxylation is 2. The Kier molecular flexibility index (Phi) is 69.3. The maximum Gasteiger partial charge on any atom is 1.00 e. The van der Waals surface area contributed by atoms with Crippen molar-refractivity contribution in [3.63, 3.8) is 0 Å². The van der Waals surface area contributed by atoms with E-state index in [2.05, 4.69) is 93.4 Å². The summed E-state index contributed by atoms with van der Waals surface area (Å²) in [6.45, 7) is 55.9. The molecule has 0 aliphatic heterocycles. The van der Waals surface area contributed by atoms with Crippen LogP contribution in [0.15, 0.2) is 122 Å². The summed E-state index contributed by atoms with van der Waals surface area (Å²) in [5.41, 5.74) is 11.8. The fraction of sp³-hybridized carbons (Fsp3) is 0.325. The zero-order valence-electron chi connectivity index (χ0n) is 62.7. The number of carbonyl (C=O) groups is 1. The van der Waals surface area contributed by atoms with Crippen molar-refractivity contribution in [3.05, 3.63) is 251 Å². The second-order valence-corrected chi connectivity index (χ2v) is 27.4. The van der Waals surface area contributed by atoms with Crippen molar-refractivity contribution in [2.24, 2.45) is 0 Å². The molecule has 22 nitrogen and oxygen atoms in total. The van der Waals surface area contributed by atoms with Crippen LogP contribution in [-0.4, -0.2) is 76.3 Å². The molecule has 0 N–H and O–H groups in total. The third kappa shape index (κ3) is 55.5. The average Bonchev–Trinajstić information content (AvgIpc) is 0.855. The molecule has 0 aliphatic rings. The summed E-state index contributed by atoms with van der Waals surface area (Å²) >= 11 is 25.9. The first kappa shape index (κ1) is 109. The number of aromatic nitrogens is 3. The van der Waals surface area contributed by atoms with Crippen LogP contribution in [0.2, 0.25) is 0 Å². The van der Waals surface area contributed by atoms with Gasteiger partial charge in [0.15, 0.2) is 22.7 Å². The van der Waals surface area contributed by atoms with Crippen molar-refractivity contribution in [3.8, 4) is 24.3 Å². The van der Waals surface area contributed by atoms with Gasteiger partial charge in [0, 0.05) is 79.8 Å². The second kappa shape index (κ2) is 69.4. The maximum atomic E-state index is 10.2. The Morgan fingerprint density at radius 1 is 0.486 bits per heavy atom. The van der Waals surface area contributed by atoms with Gasteiger partial charge in [-0.1, -0.05) is 148 Å². The summed E-state index contributed by atoms with van der Waals surface area (Å²) in [4.78, 5) is 35.3. The fourth-order valence-corrected chi connectivity index (χ4v) is 9.29. The quantitative estimate of drug-likeness (QED) is 0.0189. The maximum absolute atomic E-state index is 10.2. The Bertz CT molecular complexity index is 3930. The van der Waals surface area contributed by atoms with Crippen molar-refractivity contribution in [1.82, 2.24) is 15.0 Å². The Labute approximate surface area is 726 Å². The Morgan fingerprint density at radius 3 is 1.18 bits per heavy atom. The van der Waals surface area contributed by atoms with Crippen molar-refractivity contribution >= 4 is 158 Å². The first-order valence-corrected chi connectivity index (χ1v) is 38.5. The number of alkyl halides is 6. The molecule has 109 heavy (non-hydrogen) atoms. The average molecular weight is 1770 g/mol. The van der Waals surface area contributed by atoms with Crippen LogP contribution in [0, 0.1) is 85.5 Å². The smallest absolute Gasteiger partial charge is 0.850 e. The summed E-state index contributed by atoms with van der Waals surface area (Å²) in [6.07, 6.45) is 18.3. The van der Waals surface area contributed by atoms with Gasteiger partial charge in [-0.05, 0) is 179 Å². The van der Waals surface area contributed by atoms with Gasteiger partial charge in [0.2, 0.25) is 0 Å². The van der Waals surface area contributed by atoms with E-state index in [9.17, 15) is 24.3 Å². The third-order valence-corrected chi connectivity index (χ3v) is 14.9. The van der Waals surface area contributed by atoms with Crippen LogP contribution < -0.4 is 56.5 Å². The first-order chi connectivity index (χ1) is 51.6. The molecule has 32 heteroatoms. The number of benzene rings is 4. The molecule has 0 spiro atoms. The van der Waals surface area contributed by atoms with Gasteiger partial charge in [-0.2, -0.15) is 21.0 Å². The molecule has 0 amide bonds. The molecule has 0 bridgehead atoms. The Hall–Kier alpha value is -6.53. The molecule has 0 atom stereocenters. The van der Waals surface area contributed by atoms with Crippen LogP contribution in [0.25, 0.3) is 43.7 Å². The van der Waals surface area contributed by atoms with Crippen molar-refractivity contribution in [1.29, 1.82) is 21.0 Å². The predicted molar refractivity (Wildman–Crippen MR) is 437 cm³/mol. The third-order valence-electron chi connectivity index (χ3n) is 11.8. The molecule has 3 aromatic heterocycles. The van der Waals surface area contributed by atoms with Gasteiger partial charge in [-0.3, -0.25) is 28.8 Å². The minimum absolute atomic E-state index is 0. The Morgan fingerprint density at radius 2 is 0.844 bits per heavy atom. The summed E-state index contributed by atoms with van der Waals surface area (Å²) in [7, 11) is -2.04. The monoisotopic (exact) mass is 1770 g/mol. The standard InChI is InChI=1S/C22H14N4.C10H6Br2N2.C10H6N2O4P2.C10H8N2.C6H5NO.C6H15O3P.C4H9O.2C4H10O.CCl4.K/c1-24-22-15-19(4-2-17-6-10-25-11-7-17)21(16-23)14-20(22)5-3-18-8-12-26-13-9-18;1-14-10-3-7(4-11)9(6-13)2-8(10)5-12;1-12-10-3-8(5-15-17-13)7(4-11)2-9(10)6-16-18-14;1-7-5-10(12-3)8(2)4-9(7)6-11;8-5-6-1-3-7-4-2-6;1-4-7-10(8-5-2)9-6-3;1-4(2,3)5;2*1-3-5-4-2;2-1(3,4)5;/h2-15H;2-3H,4-5H2;2-3H,5-6H2;4-5H,1-2H3;1-5H;4-6H2,1-3H3;1-3H3;2*3-4H2,1-2H3;;/q;;;;;;-1;;;;+1/b4-2+,5-3+;;;;;;;;;;. The molecule has 570 valence electrons. The molecule has 7 aromatic rings. The van der Waals surface area contributed by atoms with E-state index < -0.39 is 34.8 Å². The van der Waals surface area contributed by atoms with Gasteiger partial charge < -0.3 is 28.2 Å². The van der Waals surface area contributed by atoms with Gasteiger partial charge in [0.1, 0.15) is 6.29 Å². The van der Waals surface area contributed by atoms with Crippen LogP contribution in [-0.2, 0) is 65.1 Å². The minimum Gasteiger partial charge on any atom is -0.850 e. The van der Waals surface area contributed by atoms with Crippen LogP contribution in [0.5, 0.6) is 0 Å². The fourth-order valence-electron chi connectivity index (χ4n) is 7.14. The van der Waals surface area contributed by atoms with E-state index >= 15 is 0 Å². The first-order valence-electron chi connectivity index (χ1n) is 32.2. The number of pyridine rings is 3. The van der Waals surface area contributed by atoms with Crippen LogP contribution in [0.1, 0.15) is 157 Å². The SMILES string of the molecule is CC(C)(C)[O-].CCOCC.CCOCC.CCOP(OCC)OCC.ClC(Cl)(Cl)Cl.O=Cc1ccncc1.[C-]#[N+]c1cc(/C=C/c2ccncc2)c(C#N)cc1/C=C/c1ccncc1.[C-]#[N+]c1cc(C)c(C#N)cc1C.[C-]#[N+]c1cc(CBr)c(C#N)cc1CBr.[C-]#[N+]c1cc(COP=O)c(C#N)cc1COP=O.[K+]. The predicted octanol–water partition coefficient (Wildman–Crippen LogP) is 20.4. The van der Waals surface area contributed by atoms with Crippen molar-refractivity contribution in [2.45, 2.75) is 116 Å². The topological polar surface area (TPSA) is 290 Å². The number of ether oxygens (including phenoxy) is 2. The van der Waals surface area contributed by atoms with E-state index in [1.807, 2.05) is 117 Å². The molecule has 3 heterocycles. The number of carbonyl (C=O) groups excluding carboxylic acids is 1. The molecule has 0 saturated carbocycles. The van der Waals surface area contributed by atoms with Crippen LogP contribution in [0.4, 0.5) is 22.7 Å². The van der Waals surface area contributed by atoms with Gasteiger partial charge >= 0.3 is 77.4 Å². The van der Waals surface area contributed by atoms with E-state index in [1.165, 1.54) is 12.1 Å². The number of rotatable bonds is 23. The molecule has 4 aromatic carbocycles. The summed E-state index contributed by atoms with van der Waals surface area (Å²) in [5.74, 6) is 0. The number of nitrogens with zero attached hydrogens (tertiary/aromatic N) is 11. The summed E-state index contributed by atoms with van der Waals surface area (Å²) in [5, 5.41) is 47.3. The van der Waals surface area contributed by atoms with Gasteiger partial charge in [-0.15, -0.1) is 5.60 Å². The normalized spacial score (nSPS) is 9.83. The van der Waals surface area contributed by atoms with Crippen molar-refractivity contribution < 1.29 is 103 Å². The van der Waals surface area contributed by atoms with E-state index in [-0.39, 0.29) is 70.3 Å². The zero-order chi connectivity index (χ0) is 82.1. The van der Waals surface area contributed by atoms with E-state index in [4.69, 9.17) is 112 Å². The molecule has 7 rings (SSSR count).